The SMILES string of the molecule is COCCN1C(=O)C(=O)/C(=C(/O)c2ccc3c(c2)OCCO3)C1c1ccc(C(C)(C)C)cc1. The topological polar surface area (TPSA) is 85.3 Å². The molecule has 2 aliphatic heterocycles. The molecule has 1 fully saturated rings. The highest BCUT2D eigenvalue weighted by Crippen LogP contribution is 2.41. The third-order valence-electron chi connectivity index (χ3n) is 5.98. The van der Waals surface area contributed by atoms with Crippen molar-refractivity contribution in [1.29, 1.82) is 0 Å². The number of ketones is 1. The molecule has 1 atom stereocenters. The lowest BCUT2D eigenvalue weighted by molar-refractivity contribution is -0.140. The van der Waals surface area contributed by atoms with Crippen LogP contribution in [0.5, 0.6) is 11.5 Å². The van der Waals surface area contributed by atoms with E-state index in [1.807, 2.05) is 24.3 Å². The lowest BCUT2D eigenvalue weighted by atomic mass is 9.85. The predicted molar refractivity (Wildman–Crippen MR) is 123 cm³/mol. The van der Waals surface area contributed by atoms with Gasteiger partial charge in [0.25, 0.3) is 11.7 Å². The van der Waals surface area contributed by atoms with Crippen LogP contribution in [0, 0.1) is 0 Å². The van der Waals surface area contributed by atoms with Crippen LogP contribution < -0.4 is 9.47 Å². The number of likely N-dealkylation sites (tertiary alicyclic amines) is 1. The Morgan fingerprint density at radius 3 is 2.36 bits per heavy atom. The monoisotopic (exact) mass is 451 g/mol. The summed E-state index contributed by atoms with van der Waals surface area (Å²) in [5.74, 6) is -0.549. The van der Waals surface area contributed by atoms with Crippen LogP contribution in [-0.4, -0.2) is 55.2 Å². The van der Waals surface area contributed by atoms with Gasteiger partial charge in [-0.15, -0.1) is 0 Å². The summed E-state index contributed by atoms with van der Waals surface area (Å²) < 4.78 is 16.3. The summed E-state index contributed by atoms with van der Waals surface area (Å²) >= 11 is 0. The number of Topliss-reactive ketones (excluding diaryl/α,β-unsaturated/α-hetero) is 1. The number of methoxy groups -OCH3 is 1. The van der Waals surface area contributed by atoms with Crippen LogP contribution in [-0.2, 0) is 19.7 Å². The molecule has 0 bridgehead atoms. The molecule has 7 heteroatoms. The standard InChI is InChI=1S/C26H29NO6/c1-26(2,3)18-8-5-16(6-9-18)22-21(24(29)25(30)27(22)11-12-31-4)23(28)17-7-10-19-20(15-17)33-14-13-32-19/h5-10,15,22,28H,11-14H2,1-4H3/b23-21+. The number of hydrogen-bond acceptors (Lipinski definition) is 6. The maximum atomic E-state index is 13.1. The Morgan fingerprint density at radius 2 is 1.73 bits per heavy atom. The van der Waals surface area contributed by atoms with Crippen LogP contribution >= 0.6 is 0 Å². The van der Waals surface area contributed by atoms with Gasteiger partial charge in [-0.25, -0.2) is 0 Å². The zero-order chi connectivity index (χ0) is 23.8. The van der Waals surface area contributed by atoms with Gasteiger partial charge in [-0.05, 0) is 34.7 Å². The number of amides is 1. The van der Waals surface area contributed by atoms with Crippen molar-refractivity contribution in [2.24, 2.45) is 0 Å². The van der Waals surface area contributed by atoms with Gasteiger partial charge in [-0.2, -0.15) is 0 Å². The highest BCUT2D eigenvalue weighted by molar-refractivity contribution is 6.46. The fraction of sp³-hybridized carbons (Fsp3) is 0.385. The van der Waals surface area contributed by atoms with Crippen LogP contribution in [0.4, 0.5) is 0 Å². The lowest BCUT2D eigenvalue weighted by Gasteiger charge is -2.26. The Balaban J connectivity index is 1.81. The molecular weight excluding hydrogens is 422 g/mol. The second kappa shape index (κ2) is 8.90. The summed E-state index contributed by atoms with van der Waals surface area (Å²) in [5.41, 5.74) is 2.28. The first kappa shape index (κ1) is 22.9. The van der Waals surface area contributed by atoms with Gasteiger partial charge in [0.2, 0.25) is 0 Å². The van der Waals surface area contributed by atoms with Gasteiger partial charge in [0.05, 0.1) is 18.2 Å². The maximum absolute atomic E-state index is 13.1. The summed E-state index contributed by atoms with van der Waals surface area (Å²) in [6.45, 7) is 7.71. The van der Waals surface area contributed by atoms with Gasteiger partial charge in [-0.1, -0.05) is 45.0 Å². The maximum Gasteiger partial charge on any atom is 0.295 e. The molecule has 33 heavy (non-hydrogen) atoms. The highest BCUT2D eigenvalue weighted by atomic mass is 16.6. The van der Waals surface area contributed by atoms with Gasteiger partial charge < -0.3 is 24.2 Å². The molecule has 2 aliphatic rings. The summed E-state index contributed by atoms with van der Waals surface area (Å²) in [6, 6.07) is 12.1. The molecule has 2 aromatic rings. The van der Waals surface area contributed by atoms with Crippen molar-refractivity contribution < 1.29 is 28.9 Å². The highest BCUT2D eigenvalue weighted by Gasteiger charge is 2.46. The quantitative estimate of drug-likeness (QED) is 0.423. The molecule has 0 aliphatic carbocycles. The van der Waals surface area contributed by atoms with E-state index in [2.05, 4.69) is 20.8 Å². The van der Waals surface area contributed by atoms with E-state index >= 15 is 0 Å². The van der Waals surface area contributed by atoms with E-state index in [1.165, 1.54) is 4.90 Å². The minimum absolute atomic E-state index is 0.0401. The van der Waals surface area contributed by atoms with Gasteiger partial charge >= 0.3 is 0 Å². The van der Waals surface area contributed by atoms with Crippen molar-refractivity contribution in [2.45, 2.75) is 32.2 Å². The second-order valence-electron chi connectivity index (χ2n) is 9.22. The number of aliphatic hydroxyl groups is 1. The molecule has 2 aromatic carbocycles. The number of aliphatic hydroxyl groups excluding tert-OH is 1. The van der Waals surface area contributed by atoms with Gasteiger partial charge in [0, 0.05) is 19.2 Å². The molecule has 174 valence electrons. The summed E-state index contributed by atoms with van der Waals surface area (Å²) in [6.07, 6.45) is 0. The van der Waals surface area contributed by atoms with Gasteiger partial charge in [-0.3, -0.25) is 9.59 Å². The molecule has 2 heterocycles. The van der Waals surface area contributed by atoms with E-state index in [0.29, 0.717) is 30.3 Å². The normalized spacial score (nSPS) is 19.8. The smallest absolute Gasteiger partial charge is 0.295 e. The molecular formula is C26H29NO6. The first-order valence-corrected chi connectivity index (χ1v) is 11.0. The van der Waals surface area contributed by atoms with Crippen LogP contribution in [0.25, 0.3) is 5.76 Å². The van der Waals surface area contributed by atoms with Crippen molar-refractivity contribution in [3.05, 3.63) is 64.7 Å². The Bertz CT molecular complexity index is 1100. The second-order valence-corrected chi connectivity index (χ2v) is 9.22. The number of benzene rings is 2. The molecule has 0 aromatic heterocycles. The van der Waals surface area contributed by atoms with E-state index in [4.69, 9.17) is 14.2 Å². The number of hydrogen-bond donors (Lipinski definition) is 1. The summed E-state index contributed by atoms with van der Waals surface area (Å²) in [7, 11) is 1.54. The van der Waals surface area contributed by atoms with Crippen LogP contribution in [0.3, 0.4) is 0 Å². The lowest BCUT2D eigenvalue weighted by Crippen LogP contribution is -2.32. The Kier molecular flexibility index (Phi) is 6.17. The molecule has 1 unspecified atom stereocenters. The fourth-order valence-corrected chi connectivity index (χ4v) is 4.16. The fourth-order valence-electron chi connectivity index (χ4n) is 4.16. The molecule has 1 N–H and O–H groups in total. The van der Waals surface area contributed by atoms with Crippen LogP contribution in [0.1, 0.15) is 43.5 Å². The molecule has 7 nitrogen and oxygen atoms in total. The first-order chi connectivity index (χ1) is 15.7. The largest absolute Gasteiger partial charge is 0.507 e. The van der Waals surface area contributed by atoms with Gasteiger partial charge in [0.1, 0.15) is 19.0 Å². The predicted octanol–water partition coefficient (Wildman–Crippen LogP) is 3.82. The molecule has 0 spiro atoms. The average Bonchev–Trinajstić information content (AvgIpc) is 3.06. The third-order valence-corrected chi connectivity index (χ3v) is 5.98. The Morgan fingerprint density at radius 1 is 1.06 bits per heavy atom. The van der Waals surface area contributed by atoms with Crippen LogP contribution in [0.2, 0.25) is 0 Å². The van der Waals surface area contributed by atoms with Crippen LogP contribution in [0.15, 0.2) is 48.0 Å². The van der Waals surface area contributed by atoms with Crippen molar-refractivity contribution in [2.75, 3.05) is 33.5 Å². The molecule has 1 saturated heterocycles. The first-order valence-electron chi connectivity index (χ1n) is 11.0. The zero-order valence-electron chi connectivity index (χ0n) is 19.4. The zero-order valence-corrected chi connectivity index (χ0v) is 19.4. The van der Waals surface area contributed by atoms with Gasteiger partial charge in [0.15, 0.2) is 11.5 Å². The number of ether oxygens (including phenoxy) is 3. The number of carbonyl (C=O) groups is 2. The van der Waals surface area contributed by atoms with Crippen molar-refractivity contribution in [3.8, 4) is 11.5 Å². The van der Waals surface area contributed by atoms with E-state index < -0.39 is 17.7 Å². The third kappa shape index (κ3) is 4.33. The summed E-state index contributed by atoms with van der Waals surface area (Å²) in [4.78, 5) is 27.5. The number of fused-ring (bicyclic) bond motifs is 1. The Hall–Kier alpha value is -3.32. The van der Waals surface area contributed by atoms with Crippen molar-refractivity contribution in [3.63, 3.8) is 0 Å². The molecule has 1 amide bonds. The summed E-state index contributed by atoms with van der Waals surface area (Å²) in [5, 5.41) is 11.2. The number of rotatable bonds is 5. The molecule has 4 rings (SSSR count). The molecule has 0 saturated carbocycles. The van der Waals surface area contributed by atoms with Crippen molar-refractivity contribution >= 4 is 17.4 Å². The number of nitrogens with zero attached hydrogens (tertiary/aromatic N) is 1. The van der Waals surface area contributed by atoms with E-state index in [-0.39, 0.29) is 29.9 Å². The van der Waals surface area contributed by atoms with E-state index in [9.17, 15) is 14.7 Å². The average molecular weight is 452 g/mol. The Labute approximate surface area is 193 Å². The van der Waals surface area contributed by atoms with Crippen molar-refractivity contribution in [1.82, 2.24) is 4.90 Å². The minimum atomic E-state index is -0.720. The number of carbonyl (C=O) groups excluding carboxylic acids is 2. The molecule has 0 radical (unpaired) electrons. The van der Waals surface area contributed by atoms with E-state index in [0.717, 1.165) is 11.1 Å². The van der Waals surface area contributed by atoms with E-state index in [1.54, 1.807) is 25.3 Å². The minimum Gasteiger partial charge on any atom is -0.507 e.